The second kappa shape index (κ2) is 5.88. The van der Waals surface area contributed by atoms with Crippen LogP contribution in [0.3, 0.4) is 0 Å². The summed E-state index contributed by atoms with van der Waals surface area (Å²) in [6.07, 6.45) is 0.790. The number of hydrogen-bond acceptors (Lipinski definition) is 4. The van der Waals surface area contributed by atoms with E-state index in [-0.39, 0.29) is 30.6 Å². The SMILES string of the molecule is CCc1oc2c(NC(=O)N3CCS(=O)(=O)CC3)cccc2c1C. The third-order valence-electron chi connectivity index (χ3n) is 4.26. The van der Waals surface area contributed by atoms with E-state index in [2.05, 4.69) is 5.32 Å². The molecular formula is C16H20N2O4S. The molecule has 6 nitrogen and oxygen atoms in total. The van der Waals surface area contributed by atoms with Gasteiger partial charge in [-0.2, -0.15) is 0 Å². The van der Waals surface area contributed by atoms with Gasteiger partial charge in [-0.3, -0.25) is 0 Å². The van der Waals surface area contributed by atoms with Gasteiger partial charge < -0.3 is 14.6 Å². The van der Waals surface area contributed by atoms with Crippen molar-refractivity contribution in [2.24, 2.45) is 0 Å². The molecule has 2 amide bonds. The van der Waals surface area contributed by atoms with E-state index in [0.717, 1.165) is 23.1 Å². The summed E-state index contributed by atoms with van der Waals surface area (Å²) in [6, 6.07) is 5.35. The highest BCUT2D eigenvalue weighted by Gasteiger charge is 2.25. The van der Waals surface area contributed by atoms with E-state index in [1.54, 1.807) is 6.07 Å². The van der Waals surface area contributed by atoms with Crippen molar-refractivity contribution in [1.29, 1.82) is 0 Å². The lowest BCUT2D eigenvalue weighted by molar-refractivity contribution is 0.216. The average Bonchev–Trinajstić information content (AvgIpc) is 2.85. The molecule has 1 aliphatic rings. The van der Waals surface area contributed by atoms with Gasteiger partial charge in [0.25, 0.3) is 0 Å². The number of urea groups is 1. The smallest absolute Gasteiger partial charge is 0.322 e. The van der Waals surface area contributed by atoms with E-state index >= 15 is 0 Å². The number of sulfone groups is 1. The van der Waals surface area contributed by atoms with Crippen LogP contribution in [0.4, 0.5) is 10.5 Å². The van der Waals surface area contributed by atoms with Crippen molar-refractivity contribution in [3.63, 3.8) is 0 Å². The van der Waals surface area contributed by atoms with Crippen molar-refractivity contribution >= 4 is 32.5 Å². The van der Waals surface area contributed by atoms with Gasteiger partial charge in [0.1, 0.15) is 5.76 Å². The third-order valence-corrected chi connectivity index (χ3v) is 5.87. The van der Waals surface area contributed by atoms with Crippen LogP contribution in [0.2, 0.25) is 0 Å². The molecule has 2 aromatic rings. The van der Waals surface area contributed by atoms with Crippen molar-refractivity contribution in [3.05, 3.63) is 29.5 Å². The lowest BCUT2D eigenvalue weighted by Gasteiger charge is -2.26. The zero-order chi connectivity index (χ0) is 16.6. The summed E-state index contributed by atoms with van der Waals surface area (Å²) in [5.41, 5.74) is 2.37. The Hall–Kier alpha value is -2.02. The summed E-state index contributed by atoms with van der Waals surface area (Å²) in [4.78, 5) is 13.9. The molecule has 1 aromatic heterocycles. The second-order valence-electron chi connectivity index (χ2n) is 5.76. The number of fused-ring (bicyclic) bond motifs is 1. The van der Waals surface area contributed by atoms with Crippen molar-refractivity contribution in [1.82, 2.24) is 4.90 Å². The van der Waals surface area contributed by atoms with Crippen LogP contribution < -0.4 is 5.32 Å². The fourth-order valence-corrected chi connectivity index (χ4v) is 4.04. The Bertz CT molecular complexity index is 840. The second-order valence-corrected chi connectivity index (χ2v) is 8.06. The number of rotatable bonds is 2. The van der Waals surface area contributed by atoms with Crippen molar-refractivity contribution < 1.29 is 17.6 Å². The maximum atomic E-state index is 12.4. The number of benzene rings is 1. The fraction of sp³-hybridized carbons (Fsp3) is 0.438. The minimum atomic E-state index is -3.00. The highest BCUT2D eigenvalue weighted by atomic mass is 32.2. The molecule has 0 radical (unpaired) electrons. The Morgan fingerprint density at radius 1 is 1.30 bits per heavy atom. The fourth-order valence-electron chi connectivity index (χ4n) is 2.84. The minimum absolute atomic E-state index is 0.0183. The molecule has 0 atom stereocenters. The maximum absolute atomic E-state index is 12.4. The zero-order valence-corrected chi connectivity index (χ0v) is 14.1. The monoisotopic (exact) mass is 336 g/mol. The number of anilines is 1. The van der Waals surface area contributed by atoms with E-state index in [4.69, 9.17) is 4.42 Å². The van der Waals surface area contributed by atoms with Crippen molar-refractivity contribution in [3.8, 4) is 0 Å². The van der Waals surface area contributed by atoms with E-state index in [9.17, 15) is 13.2 Å². The number of amides is 2. The largest absolute Gasteiger partial charge is 0.459 e. The molecule has 23 heavy (non-hydrogen) atoms. The number of carbonyl (C=O) groups excluding carboxylic acids is 1. The lowest BCUT2D eigenvalue weighted by Crippen LogP contribution is -2.45. The number of carbonyl (C=O) groups is 1. The van der Waals surface area contributed by atoms with Crippen molar-refractivity contribution in [2.75, 3.05) is 29.9 Å². The zero-order valence-electron chi connectivity index (χ0n) is 13.3. The summed E-state index contributed by atoms with van der Waals surface area (Å²) in [7, 11) is -3.00. The van der Waals surface area contributed by atoms with Gasteiger partial charge in [-0.25, -0.2) is 13.2 Å². The maximum Gasteiger partial charge on any atom is 0.322 e. The predicted octanol–water partition coefficient (Wildman–Crippen LogP) is 2.57. The van der Waals surface area contributed by atoms with Gasteiger partial charge in [0, 0.05) is 24.9 Å². The van der Waals surface area contributed by atoms with Gasteiger partial charge in [-0.15, -0.1) is 0 Å². The van der Waals surface area contributed by atoms with E-state index < -0.39 is 9.84 Å². The molecule has 1 saturated heterocycles. The number of furan rings is 1. The van der Waals surface area contributed by atoms with Crippen LogP contribution >= 0.6 is 0 Å². The Kier molecular flexibility index (Phi) is 4.06. The lowest BCUT2D eigenvalue weighted by atomic mass is 10.1. The van der Waals surface area contributed by atoms with Gasteiger partial charge in [-0.1, -0.05) is 19.1 Å². The van der Waals surface area contributed by atoms with Crippen LogP contribution in [0.5, 0.6) is 0 Å². The van der Waals surface area contributed by atoms with E-state index in [1.165, 1.54) is 4.90 Å². The van der Waals surface area contributed by atoms with Gasteiger partial charge in [-0.05, 0) is 18.6 Å². The van der Waals surface area contributed by atoms with Gasteiger partial charge in [0.15, 0.2) is 15.4 Å². The van der Waals surface area contributed by atoms with Crippen LogP contribution in [0.15, 0.2) is 22.6 Å². The van der Waals surface area contributed by atoms with Crippen LogP contribution in [0, 0.1) is 6.92 Å². The first-order chi connectivity index (χ1) is 10.9. The molecule has 1 fully saturated rings. The van der Waals surface area contributed by atoms with Gasteiger partial charge >= 0.3 is 6.03 Å². The molecule has 0 unspecified atom stereocenters. The first kappa shape index (κ1) is 15.9. The van der Waals surface area contributed by atoms with E-state index in [1.807, 2.05) is 26.0 Å². The summed E-state index contributed by atoms with van der Waals surface area (Å²) in [6.45, 7) is 4.48. The Labute approximate surface area is 135 Å². The Morgan fingerprint density at radius 3 is 2.65 bits per heavy atom. The average molecular weight is 336 g/mol. The van der Waals surface area contributed by atoms with Crippen LogP contribution in [-0.2, 0) is 16.3 Å². The molecule has 3 rings (SSSR count). The standard InChI is InChI=1S/C16H20N2O4S/c1-3-14-11(2)12-5-4-6-13(15(12)22-14)17-16(19)18-7-9-23(20,21)10-8-18/h4-6H,3,7-10H2,1-2H3,(H,17,19). The Balaban J connectivity index is 1.83. The molecule has 0 spiro atoms. The Morgan fingerprint density at radius 2 is 2.00 bits per heavy atom. The third kappa shape index (κ3) is 3.06. The highest BCUT2D eigenvalue weighted by molar-refractivity contribution is 7.91. The molecule has 2 heterocycles. The number of para-hydroxylation sites is 1. The molecule has 1 aliphatic heterocycles. The molecular weight excluding hydrogens is 316 g/mol. The predicted molar refractivity (Wildman–Crippen MR) is 89.6 cm³/mol. The number of nitrogens with one attached hydrogen (secondary N) is 1. The van der Waals surface area contributed by atoms with Gasteiger partial charge in [0.05, 0.1) is 17.2 Å². The van der Waals surface area contributed by atoms with Crippen LogP contribution in [0.25, 0.3) is 11.0 Å². The highest BCUT2D eigenvalue weighted by Crippen LogP contribution is 2.31. The molecule has 0 saturated carbocycles. The normalized spacial score (nSPS) is 17.4. The van der Waals surface area contributed by atoms with Crippen molar-refractivity contribution in [2.45, 2.75) is 20.3 Å². The summed E-state index contributed by atoms with van der Waals surface area (Å²) < 4.78 is 28.8. The summed E-state index contributed by atoms with van der Waals surface area (Å²) >= 11 is 0. The minimum Gasteiger partial charge on any atom is -0.459 e. The van der Waals surface area contributed by atoms with Gasteiger partial charge in [0.2, 0.25) is 0 Å². The molecule has 124 valence electrons. The molecule has 0 bridgehead atoms. The number of hydrogen-bond donors (Lipinski definition) is 1. The number of nitrogens with zero attached hydrogens (tertiary/aromatic N) is 1. The van der Waals surface area contributed by atoms with Crippen LogP contribution in [-0.4, -0.2) is 43.9 Å². The summed E-state index contributed by atoms with van der Waals surface area (Å²) in [5.74, 6) is 0.945. The summed E-state index contributed by atoms with van der Waals surface area (Å²) in [5, 5.41) is 3.83. The number of aryl methyl sites for hydroxylation is 2. The quantitative estimate of drug-likeness (QED) is 0.914. The molecule has 0 aliphatic carbocycles. The molecule has 1 aromatic carbocycles. The first-order valence-corrected chi connectivity index (χ1v) is 9.51. The topological polar surface area (TPSA) is 79.6 Å². The first-order valence-electron chi connectivity index (χ1n) is 7.68. The molecule has 7 heteroatoms. The van der Waals surface area contributed by atoms with Crippen LogP contribution in [0.1, 0.15) is 18.2 Å². The molecule has 1 N–H and O–H groups in total. The van der Waals surface area contributed by atoms with E-state index in [0.29, 0.717) is 11.3 Å².